The number of esters is 2. The molecule has 0 aliphatic carbocycles. The van der Waals surface area contributed by atoms with Crippen LogP contribution in [-0.2, 0) is 16.1 Å². The Morgan fingerprint density at radius 1 is 1.21 bits per heavy atom. The van der Waals surface area contributed by atoms with Gasteiger partial charge in [0.2, 0.25) is 5.01 Å². The van der Waals surface area contributed by atoms with Gasteiger partial charge in [-0.1, -0.05) is 0 Å². The fourth-order valence-electron chi connectivity index (χ4n) is 2.32. The second-order valence-corrected chi connectivity index (χ2v) is 7.09. The minimum atomic E-state index is -0.557. The minimum Gasteiger partial charge on any atom is -0.461 e. The number of thioether (sulfide) groups is 1. The zero-order valence-electron chi connectivity index (χ0n) is 15.4. The molecule has 3 aromatic rings. The highest BCUT2D eigenvalue weighted by Gasteiger charge is 2.22. The van der Waals surface area contributed by atoms with Crippen LogP contribution in [0.2, 0.25) is 0 Å². The zero-order valence-corrected chi connectivity index (χ0v) is 17.1. The summed E-state index contributed by atoms with van der Waals surface area (Å²) in [5.41, 5.74) is 1.25. The summed E-state index contributed by atoms with van der Waals surface area (Å²) in [4.78, 5) is 37.2. The largest absolute Gasteiger partial charge is 0.461 e. The van der Waals surface area contributed by atoms with Crippen LogP contribution in [0.1, 0.15) is 38.5 Å². The maximum absolute atomic E-state index is 12.6. The summed E-state index contributed by atoms with van der Waals surface area (Å²) in [7, 11) is 0. The van der Waals surface area contributed by atoms with E-state index in [1.807, 2.05) is 6.26 Å². The molecular formula is C18H17N3O5S2. The topological polar surface area (TPSA) is 104 Å². The molecule has 0 saturated heterocycles. The Balaban J connectivity index is 1.75. The monoisotopic (exact) mass is 419 g/mol. The number of ether oxygens (including phenoxy) is 2. The van der Waals surface area contributed by atoms with Gasteiger partial charge in [0.25, 0.3) is 0 Å². The van der Waals surface area contributed by atoms with Crippen molar-refractivity contribution in [3.63, 3.8) is 0 Å². The maximum atomic E-state index is 12.6. The van der Waals surface area contributed by atoms with E-state index in [0.29, 0.717) is 33.6 Å². The van der Waals surface area contributed by atoms with E-state index in [2.05, 4.69) is 15.0 Å². The fraction of sp³-hybridized carbons (Fsp3) is 0.278. The van der Waals surface area contributed by atoms with Crippen LogP contribution in [0.25, 0.3) is 11.6 Å². The van der Waals surface area contributed by atoms with E-state index >= 15 is 0 Å². The summed E-state index contributed by atoms with van der Waals surface area (Å²) < 4.78 is 15.6. The third-order valence-corrected chi connectivity index (χ3v) is 5.10. The third-order valence-electron chi connectivity index (χ3n) is 3.55. The van der Waals surface area contributed by atoms with Crippen molar-refractivity contribution in [2.24, 2.45) is 0 Å². The number of carbonyl (C=O) groups excluding carboxylic acids is 2. The lowest BCUT2D eigenvalue weighted by atomic mass is 10.2. The van der Waals surface area contributed by atoms with Crippen LogP contribution < -0.4 is 0 Å². The van der Waals surface area contributed by atoms with E-state index in [9.17, 15) is 9.59 Å². The molecule has 3 heterocycles. The molecule has 0 unspecified atom stereocenters. The number of nitrogens with zero attached hydrogens (tertiary/aromatic N) is 3. The number of thiazole rings is 1. The van der Waals surface area contributed by atoms with Crippen LogP contribution in [0.15, 0.2) is 33.2 Å². The lowest BCUT2D eigenvalue weighted by molar-refractivity contribution is 0.0461. The van der Waals surface area contributed by atoms with Gasteiger partial charge in [-0.2, -0.15) is 0 Å². The van der Waals surface area contributed by atoms with E-state index in [1.165, 1.54) is 18.0 Å². The summed E-state index contributed by atoms with van der Waals surface area (Å²) in [5, 5.41) is 2.37. The third kappa shape index (κ3) is 4.39. The van der Waals surface area contributed by atoms with E-state index in [-0.39, 0.29) is 18.2 Å². The van der Waals surface area contributed by atoms with Gasteiger partial charge in [-0.15, -0.1) is 23.1 Å². The summed E-state index contributed by atoms with van der Waals surface area (Å²) in [5.74, 6) is -0.125. The quantitative estimate of drug-likeness (QED) is 0.321. The normalized spacial score (nSPS) is 10.7. The molecule has 3 aromatic heterocycles. The number of aryl methyl sites for hydroxylation is 1. The van der Waals surface area contributed by atoms with Crippen molar-refractivity contribution in [3.8, 4) is 11.6 Å². The molecule has 0 saturated carbocycles. The molecule has 0 radical (unpaired) electrons. The van der Waals surface area contributed by atoms with Gasteiger partial charge in [-0.05, 0) is 32.2 Å². The Morgan fingerprint density at radius 3 is 2.71 bits per heavy atom. The fourth-order valence-corrected chi connectivity index (χ4v) is 3.62. The zero-order chi connectivity index (χ0) is 20.1. The van der Waals surface area contributed by atoms with Crippen LogP contribution in [0.3, 0.4) is 0 Å². The van der Waals surface area contributed by atoms with Crippen molar-refractivity contribution >= 4 is 35.0 Å². The summed E-state index contributed by atoms with van der Waals surface area (Å²) >= 11 is 2.46. The SMILES string of the molecule is CCOC(=O)c1nc(COC(=O)c2c(C)nc(-c3ccco3)nc2SC)cs1. The molecule has 8 nitrogen and oxygen atoms in total. The highest BCUT2D eigenvalue weighted by atomic mass is 32.2. The van der Waals surface area contributed by atoms with Crippen molar-refractivity contribution in [2.75, 3.05) is 12.9 Å². The van der Waals surface area contributed by atoms with Gasteiger partial charge in [0, 0.05) is 5.38 Å². The molecule has 0 aliphatic rings. The van der Waals surface area contributed by atoms with Gasteiger partial charge >= 0.3 is 11.9 Å². The molecule has 0 aromatic carbocycles. The first kappa shape index (κ1) is 20.0. The van der Waals surface area contributed by atoms with E-state index < -0.39 is 11.9 Å². The predicted molar refractivity (Wildman–Crippen MR) is 103 cm³/mol. The molecule has 0 amide bonds. The first-order valence-electron chi connectivity index (χ1n) is 8.28. The molecule has 10 heteroatoms. The molecule has 0 N–H and O–H groups in total. The second kappa shape index (κ2) is 8.98. The van der Waals surface area contributed by atoms with Crippen molar-refractivity contribution in [1.29, 1.82) is 0 Å². The smallest absolute Gasteiger partial charge is 0.367 e. The standard InChI is InChI=1S/C18H17N3O5S2/c1-4-24-18(23)16-20-11(9-28-16)8-26-17(22)13-10(2)19-14(21-15(13)27-3)12-6-5-7-25-12/h5-7,9H,4,8H2,1-3H3. The first-order valence-corrected chi connectivity index (χ1v) is 10.4. The van der Waals surface area contributed by atoms with Gasteiger partial charge in [-0.25, -0.2) is 24.5 Å². The number of rotatable bonds is 7. The van der Waals surface area contributed by atoms with Crippen LogP contribution in [0, 0.1) is 6.92 Å². The predicted octanol–water partition coefficient (Wildman–Crippen LogP) is 3.76. The molecule has 28 heavy (non-hydrogen) atoms. The van der Waals surface area contributed by atoms with Crippen LogP contribution in [0.5, 0.6) is 0 Å². The van der Waals surface area contributed by atoms with Crippen molar-refractivity contribution in [1.82, 2.24) is 15.0 Å². The average Bonchev–Trinajstić information content (AvgIpc) is 3.37. The summed E-state index contributed by atoms with van der Waals surface area (Å²) in [6.45, 7) is 3.64. The Bertz CT molecular complexity index is 985. The Morgan fingerprint density at radius 2 is 2.04 bits per heavy atom. The summed E-state index contributed by atoms with van der Waals surface area (Å²) in [6, 6.07) is 3.49. The second-order valence-electron chi connectivity index (χ2n) is 5.43. The van der Waals surface area contributed by atoms with Gasteiger partial charge < -0.3 is 13.9 Å². The van der Waals surface area contributed by atoms with E-state index in [4.69, 9.17) is 13.9 Å². The number of hydrogen-bond acceptors (Lipinski definition) is 10. The van der Waals surface area contributed by atoms with E-state index in [1.54, 1.807) is 31.4 Å². The summed E-state index contributed by atoms with van der Waals surface area (Å²) in [6.07, 6.45) is 3.35. The molecule has 0 atom stereocenters. The number of carbonyl (C=O) groups is 2. The maximum Gasteiger partial charge on any atom is 0.367 e. The highest BCUT2D eigenvalue weighted by molar-refractivity contribution is 7.98. The average molecular weight is 419 g/mol. The highest BCUT2D eigenvalue weighted by Crippen LogP contribution is 2.26. The van der Waals surface area contributed by atoms with Gasteiger partial charge in [0.05, 0.1) is 24.3 Å². The Labute approximate surface area is 169 Å². The van der Waals surface area contributed by atoms with Gasteiger partial charge in [0.1, 0.15) is 17.2 Å². The number of aromatic nitrogens is 3. The molecular weight excluding hydrogens is 402 g/mol. The van der Waals surface area contributed by atoms with E-state index in [0.717, 1.165) is 11.3 Å². The molecule has 0 bridgehead atoms. The van der Waals surface area contributed by atoms with Crippen molar-refractivity contribution < 1.29 is 23.5 Å². The van der Waals surface area contributed by atoms with Crippen LogP contribution in [0.4, 0.5) is 0 Å². The Kier molecular flexibility index (Phi) is 6.42. The van der Waals surface area contributed by atoms with Crippen LogP contribution in [-0.4, -0.2) is 39.8 Å². The number of hydrogen-bond donors (Lipinski definition) is 0. The minimum absolute atomic E-state index is 0.0675. The lowest BCUT2D eigenvalue weighted by Gasteiger charge is -2.10. The first-order chi connectivity index (χ1) is 13.5. The molecule has 146 valence electrons. The van der Waals surface area contributed by atoms with Crippen molar-refractivity contribution in [2.45, 2.75) is 25.5 Å². The van der Waals surface area contributed by atoms with Crippen molar-refractivity contribution in [3.05, 3.63) is 45.7 Å². The van der Waals surface area contributed by atoms with Crippen LogP contribution >= 0.6 is 23.1 Å². The molecule has 0 spiro atoms. The molecule has 0 fully saturated rings. The van der Waals surface area contributed by atoms with Gasteiger partial charge in [0.15, 0.2) is 11.6 Å². The molecule has 3 rings (SSSR count). The Hall–Kier alpha value is -2.72. The lowest BCUT2D eigenvalue weighted by Crippen LogP contribution is -2.12. The van der Waals surface area contributed by atoms with Gasteiger partial charge in [-0.3, -0.25) is 0 Å². The molecule has 0 aliphatic heterocycles. The number of furan rings is 1.